The SMILES string of the molecule is Cc1cc(C)c(-c2ccccc2)c(C)c1C(=O)P(O)O.O=[PH+][O-].[Li+]. The fraction of sp³-hybridized carbons (Fsp3) is 0.188. The third-order valence-electron chi connectivity index (χ3n) is 3.43. The molecule has 1 atom stereocenters. The smallest absolute Gasteiger partial charge is 0.597 e. The summed E-state index contributed by atoms with van der Waals surface area (Å²) in [5.74, 6) is 0. The molecule has 2 aromatic carbocycles. The Morgan fingerprint density at radius 3 is 2.04 bits per heavy atom. The van der Waals surface area contributed by atoms with Crippen LogP contribution in [-0.2, 0) is 4.57 Å². The van der Waals surface area contributed by atoms with Gasteiger partial charge in [0.05, 0.1) is 0 Å². The topological polar surface area (TPSA) is 97.7 Å². The van der Waals surface area contributed by atoms with Crippen molar-refractivity contribution in [2.24, 2.45) is 0 Å². The average molecular weight is 359 g/mol. The van der Waals surface area contributed by atoms with Gasteiger partial charge in [0.1, 0.15) is 0 Å². The van der Waals surface area contributed by atoms with Gasteiger partial charge in [-0.3, -0.25) is 4.79 Å². The number of hydrogen-bond acceptors (Lipinski definition) is 5. The van der Waals surface area contributed by atoms with E-state index in [9.17, 15) is 14.6 Å². The van der Waals surface area contributed by atoms with Crippen LogP contribution in [0.2, 0.25) is 0 Å². The van der Waals surface area contributed by atoms with E-state index in [0.29, 0.717) is 5.56 Å². The Labute approximate surface area is 156 Å². The van der Waals surface area contributed by atoms with Gasteiger partial charge in [0.25, 0.3) is 8.69 Å². The summed E-state index contributed by atoms with van der Waals surface area (Å²) in [6.45, 7) is 5.67. The number of aryl methyl sites for hydroxylation is 2. The monoisotopic (exact) mass is 359 g/mol. The van der Waals surface area contributed by atoms with Gasteiger partial charge >= 0.3 is 18.9 Å². The van der Waals surface area contributed by atoms with Gasteiger partial charge in [-0.05, 0) is 48.6 Å². The van der Waals surface area contributed by atoms with E-state index >= 15 is 0 Å². The third-order valence-corrected chi connectivity index (χ3v) is 4.02. The van der Waals surface area contributed by atoms with Crippen molar-refractivity contribution in [3.8, 4) is 11.1 Å². The standard InChI is InChI=1S/C16H17O3P.Li.HO2P/c1-10-9-11(2)15(16(17)20(18)19)12(3)14(10)13-7-5-4-6-8-13;;1-3-2/h4-9,18-19H,1-3H3;;3H/q;+1;. The predicted molar refractivity (Wildman–Crippen MR) is 90.8 cm³/mol. The van der Waals surface area contributed by atoms with E-state index in [0.717, 1.165) is 27.8 Å². The number of carbonyl (C=O) groups excluding carboxylic acids is 1. The molecule has 2 N–H and O–H groups in total. The number of hydrogen-bond donors (Lipinski definition) is 2. The first-order valence-electron chi connectivity index (χ1n) is 6.72. The van der Waals surface area contributed by atoms with Crippen LogP contribution in [0, 0.1) is 20.8 Å². The van der Waals surface area contributed by atoms with E-state index in [1.807, 2.05) is 57.2 Å². The van der Waals surface area contributed by atoms with Crippen molar-refractivity contribution in [2.75, 3.05) is 0 Å². The fourth-order valence-electron chi connectivity index (χ4n) is 2.66. The number of benzene rings is 2. The zero-order valence-corrected chi connectivity index (χ0v) is 15.9. The summed E-state index contributed by atoms with van der Waals surface area (Å²) < 4.78 is 8.40. The Bertz CT molecular complexity index is 705. The van der Waals surface area contributed by atoms with Crippen molar-refractivity contribution in [1.82, 2.24) is 0 Å². The van der Waals surface area contributed by atoms with Crippen LogP contribution in [0.25, 0.3) is 11.1 Å². The maximum atomic E-state index is 12.0. The first-order valence-corrected chi connectivity index (χ1v) is 8.79. The van der Waals surface area contributed by atoms with Crippen LogP contribution in [0.15, 0.2) is 36.4 Å². The van der Waals surface area contributed by atoms with E-state index in [1.54, 1.807) is 0 Å². The third kappa shape index (κ3) is 5.59. The minimum Gasteiger partial charge on any atom is -0.597 e. The first kappa shape index (κ1) is 23.1. The van der Waals surface area contributed by atoms with Crippen LogP contribution in [0.1, 0.15) is 27.0 Å². The van der Waals surface area contributed by atoms with E-state index in [-0.39, 0.29) is 18.9 Å². The minimum absolute atomic E-state index is 0. The van der Waals surface area contributed by atoms with Crippen LogP contribution in [0.3, 0.4) is 0 Å². The molecule has 5 nitrogen and oxygen atoms in total. The van der Waals surface area contributed by atoms with Gasteiger partial charge in [0, 0.05) is 5.56 Å². The van der Waals surface area contributed by atoms with Crippen LogP contribution in [0.4, 0.5) is 0 Å². The summed E-state index contributed by atoms with van der Waals surface area (Å²) in [5, 5.41) is 0. The maximum absolute atomic E-state index is 12.0. The van der Waals surface area contributed by atoms with Crippen molar-refractivity contribution < 1.29 is 42.9 Å². The van der Waals surface area contributed by atoms with E-state index < -0.39 is 22.6 Å². The average Bonchev–Trinajstić information content (AvgIpc) is 2.48. The van der Waals surface area contributed by atoms with Crippen molar-refractivity contribution in [2.45, 2.75) is 20.8 Å². The van der Waals surface area contributed by atoms with Crippen molar-refractivity contribution in [3.63, 3.8) is 0 Å². The largest absolute Gasteiger partial charge is 1.00 e. The minimum atomic E-state index is -2.60. The molecule has 0 aliphatic carbocycles. The molecule has 0 aliphatic heterocycles. The molecular weight excluding hydrogens is 341 g/mol. The summed E-state index contributed by atoms with van der Waals surface area (Å²) in [4.78, 5) is 38.9. The molecule has 0 saturated carbocycles. The van der Waals surface area contributed by atoms with Crippen LogP contribution in [-0.4, -0.2) is 15.3 Å². The molecule has 122 valence electrons. The van der Waals surface area contributed by atoms with Crippen LogP contribution < -0.4 is 23.8 Å². The molecule has 0 aromatic heterocycles. The predicted octanol–water partition coefficient (Wildman–Crippen LogP) is 0.00526. The summed E-state index contributed by atoms with van der Waals surface area (Å²) >= 11 is 0. The molecule has 8 heteroatoms. The first-order chi connectivity index (χ1) is 10.8. The normalized spacial score (nSPS) is 9.96. The van der Waals surface area contributed by atoms with Crippen LogP contribution in [0.5, 0.6) is 0 Å². The molecule has 0 bridgehead atoms. The van der Waals surface area contributed by atoms with Crippen molar-refractivity contribution in [1.29, 1.82) is 0 Å². The van der Waals surface area contributed by atoms with E-state index in [2.05, 4.69) is 0 Å². The molecule has 0 spiro atoms. The molecule has 0 fully saturated rings. The van der Waals surface area contributed by atoms with Gasteiger partial charge in [0.2, 0.25) is 13.9 Å². The molecule has 2 rings (SSSR count). The van der Waals surface area contributed by atoms with Gasteiger partial charge in [-0.1, -0.05) is 41.0 Å². The van der Waals surface area contributed by atoms with Crippen molar-refractivity contribution in [3.05, 3.63) is 58.7 Å². The molecule has 0 amide bonds. The van der Waals surface area contributed by atoms with E-state index in [4.69, 9.17) is 9.46 Å². The molecule has 24 heavy (non-hydrogen) atoms. The fourth-order valence-corrected chi connectivity index (χ4v) is 3.21. The molecule has 1 unspecified atom stereocenters. The Morgan fingerprint density at radius 2 is 1.58 bits per heavy atom. The Hall–Kier alpha value is -0.883. The van der Waals surface area contributed by atoms with Crippen molar-refractivity contribution >= 4 is 22.6 Å². The molecule has 2 aromatic rings. The van der Waals surface area contributed by atoms with Gasteiger partial charge in [-0.2, -0.15) is 0 Å². The summed E-state index contributed by atoms with van der Waals surface area (Å²) in [7, 11) is -4.02. The number of carbonyl (C=O) groups is 1. The quantitative estimate of drug-likeness (QED) is 0.594. The second-order valence-corrected chi connectivity index (χ2v) is 6.08. The van der Waals surface area contributed by atoms with E-state index in [1.165, 1.54) is 0 Å². The molecule has 0 heterocycles. The molecule has 0 radical (unpaired) electrons. The Morgan fingerprint density at radius 1 is 1.08 bits per heavy atom. The summed E-state index contributed by atoms with van der Waals surface area (Å²) in [5.41, 5.74) is 4.49. The second kappa shape index (κ2) is 10.9. The molecule has 0 aliphatic rings. The number of rotatable bonds is 3. The van der Waals surface area contributed by atoms with Gasteiger partial charge < -0.3 is 14.7 Å². The van der Waals surface area contributed by atoms with Gasteiger partial charge in [0.15, 0.2) is 0 Å². The van der Waals surface area contributed by atoms with Gasteiger partial charge in [-0.25, -0.2) is 0 Å². The molecule has 0 saturated heterocycles. The maximum Gasteiger partial charge on any atom is 1.00 e. The summed E-state index contributed by atoms with van der Waals surface area (Å²) in [6.07, 6.45) is 0. The molecular formula is C16H18LiO5P2+. The summed E-state index contributed by atoms with van der Waals surface area (Å²) in [6, 6.07) is 11.7. The van der Waals surface area contributed by atoms with Gasteiger partial charge in [-0.15, -0.1) is 0 Å². The zero-order chi connectivity index (χ0) is 17.6. The zero-order valence-electron chi connectivity index (χ0n) is 14.0. The second-order valence-electron chi connectivity index (χ2n) is 4.93. The Kier molecular flexibility index (Phi) is 10.5. The Balaban J connectivity index is 0.00000123. The van der Waals surface area contributed by atoms with Crippen LogP contribution >= 0.6 is 17.1 Å².